The topological polar surface area (TPSA) is 40.5 Å². The average Bonchev–Trinajstić information content (AvgIpc) is 2.73. The lowest BCUT2D eigenvalue weighted by Gasteiger charge is -2.34. The Morgan fingerprint density at radius 3 is 1.43 bits per heavy atom. The molecule has 0 aromatic heterocycles. The zero-order valence-corrected chi connectivity index (χ0v) is 17.0. The van der Waals surface area contributed by atoms with Crippen LogP contribution in [0.2, 0.25) is 0 Å². The Balaban J connectivity index is 1.99. The van der Waals surface area contributed by atoms with Crippen molar-refractivity contribution in [3.05, 3.63) is 83.9 Å². The maximum absolute atomic E-state index is 9.73. The molecule has 0 spiro atoms. The van der Waals surface area contributed by atoms with Gasteiger partial charge in [-0.15, -0.1) is 0 Å². The summed E-state index contributed by atoms with van der Waals surface area (Å²) in [5, 5.41) is 19.2. The molecule has 2 N–H and O–H groups in total. The molecular weight excluding hydrogens is 344 g/mol. The van der Waals surface area contributed by atoms with Gasteiger partial charge in [0.25, 0.3) is 0 Å². The molecule has 1 atom stereocenters. The van der Waals surface area contributed by atoms with E-state index in [2.05, 4.69) is 45.0 Å². The first-order chi connectivity index (χ1) is 13.5. The van der Waals surface area contributed by atoms with E-state index in [0.29, 0.717) is 11.7 Å². The van der Waals surface area contributed by atoms with Crippen LogP contribution >= 0.6 is 0 Å². The molecule has 3 rings (SSSR count). The fourth-order valence-electron chi connectivity index (χ4n) is 4.07. The van der Waals surface area contributed by atoms with Crippen LogP contribution in [0.5, 0.6) is 11.5 Å². The van der Waals surface area contributed by atoms with Crippen LogP contribution < -0.4 is 0 Å². The Hall–Kier alpha value is -2.74. The van der Waals surface area contributed by atoms with Crippen molar-refractivity contribution in [3.8, 4) is 22.6 Å². The fourth-order valence-corrected chi connectivity index (χ4v) is 4.07. The number of hydrogen-bond acceptors (Lipinski definition) is 2. The summed E-state index contributed by atoms with van der Waals surface area (Å²) < 4.78 is 0. The molecule has 0 heterocycles. The minimum atomic E-state index is -0.113. The summed E-state index contributed by atoms with van der Waals surface area (Å²) in [4.78, 5) is 0. The predicted molar refractivity (Wildman–Crippen MR) is 117 cm³/mol. The predicted octanol–water partition coefficient (Wildman–Crippen LogP) is 6.90. The molecule has 0 saturated carbocycles. The van der Waals surface area contributed by atoms with Gasteiger partial charge in [0.15, 0.2) is 0 Å². The second kappa shape index (κ2) is 8.52. The Kier molecular flexibility index (Phi) is 6.08. The van der Waals surface area contributed by atoms with Gasteiger partial charge in [-0.3, -0.25) is 0 Å². The van der Waals surface area contributed by atoms with Crippen molar-refractivity contribution in [1.29, 1.82) is 0 Å². The molecule has 3 aromatic carbocycles. The number of phenols is 2. The van der Waals surface area contributed by atoms with Crippen molar-refractivity contribution in [2.45, 2.75) is 45.4 Å². The van der Waals surface area contributed by atoms with Gasteiger partial charge in [0.1, 0.15) is 11.5 Å². The molecule has 3 aromatic rings. The Labute approximate surface area is 168 Å². The molecule has 2 nitrogen and oxygen atoms in total. The van der Waals surface area contributed by atoms with Crippen LogP contribution in [-0.4, -0.2) is 10.2 Å². The summed E-state index contributed by atoms with van der Waals surface area (Å²) in [5.74, 6) is 1.23. The number of hydrogen-bond donors (Lipinski definition) is 2. The molecule has 2 heteroatoms. The monoisotopic (exact) mass is 374 g/mol. The second-order valence-corrected chi connectivity index (χ2v) is 7.89. The Morgan fingerprint density at radius 2 is 1.00 bits per heavy atom. The SMILES string of the molecule is CCC(CC)CC(C)(c1ccc(O)cc1)c1ccc(-c2ccc(O)cc2)cc1. The van der Waals surface area contributed by atoms with E-state index in [4.69, 9.17) is 0 Å². The minimum absolute atomic E-state index is 0.113. The van der Waals surface area contributed by atoms with Gasteiger partial charge in [0.05, 0.1) is 0 Å². The number of phenolic OH excluding ortho intramolecular Hbond substituents is 2. The summed E-state index contributed by atoms with van der Waals surface area (Å²) >= 11 is 0. The number of rotatable bonds is 7. The van der Waals surface area contributed by atoms with Gasteiger partial charge in [0, 0.05) is 5.41 Å². The van der Waals surface area contributed by atoms with Gasteiger partial charge in [-0.1, -0.05) is 82.1 Å². The van der Waals surface area contributed by atoms with Gasteiger partial charge in [-0.2, -0.15) is 0 Å². The molecule has 28 heavy (non-hydrogen) atoms. The highest BCUT2D eigenvalue weighted by Crippen LogP contribution is 2.40. The van der Waals surface area contributed by atoms with Crippen LogP contribution in [0.15, 0.2) is 72.8 Å². The summed E-state index contributed by atoms with van der Waals surface area (Å²) in [5.41, 5.74) is 4.63. The van der Waals surface area contributed by atoms with Crippen LogP contribution in [-0.2, 0) is 5.41 Å². The lowest BCUT2D eigenvalue weighted by Crippen LogP contribution is -2.27. The second-order valence-electron chi connectivity index (χ2n) is 7.89. The molecule has 0 aliphatic rings. The van der Waals surface area contributed by atoms with Gasteiger partial charge >= 0.3 is 0 Å². The summed E-state index contributed by atoms with van der Waals surface area (Å²) in [6, 6.07) is 23.7. The maximum Gasteiger partial charge on any atom is 0.115 e. The largest absolute Gasteiger partial charge is 0.508 e. The lowest BCUT2D eigenvalue weighted by atomic mass is 9.69. The summed E-state index contributed by atoms with van der Waals surface area (Å²) in [6.45, 7) is 6.84. The summed E-state index contributed by atoms with van der Waals surface area (Å²) in [7, 11) is 0. The third kappa shape index (κ3) is 4.22. The van der Waals surface area contributed by atoms with Crippen molar-refractivity contribution < 1.29 is 10.2 Å². The first-order valence-corrected chi connectivity index (χ1v) is 10.2. The van der Waals surface area contributed by atoms with Crippen molar-refractivity contribution in [1.82, 2.24) is 0 Å². The zero-order valence-electron chi connectivity index (χ0n) is 17.0. The third-order valence-electron chi connectivity index (χ3n) is 6.08. The van der Waals surface area contributed by atoms with Crippen LogP contribution in [0.25, 0.3) is 11.1 Å². The number of benzene rings is 3. The highest BCUT2D eigenvalue weighted by Gasteiger charge is 2.31. The number of aromatic hydroxyl groups is 2. The average molecular weight is 375 g/mol. The molecule has 146 valence electrons. The first-order valence-electron chi connectivity index (χ1n) is 10.2. The van der Waals surface area contributed by atoms with Crippen molar-refractivity contribution in [2.75, 3.05) is 0 Å². The molecule has 0 fully saturated rings. The molecule has 0 bridgehead atoms. The van der Waals surface area contributed by atoms with Gasteiger partial charge in [-0.25, -0.2) is 0 Å². The molecule has 0 aliphatic carbocycles. The van der Waals surface area contributed by atoms with E-state index in [0.717, 1.165) is 30.4 Å². The van der Waals surface area contributed by atoms with E-state index in [1.807, 2.05) is 24.3 Å². The lowest BCUT2D eigenvalue weighted by molar-refractivity contribution is 0.362. The zero-order chi connectivity index (χ0) is 20.1. The van der Waals surface area contributed by atoms with Crippen LogP contribution in [0.3, 0.4) is 0 Å². The summed E-state index contributed by atoms with van der Waals surface area (Å²) in [6.07, 6.45) is 3.40. The molecule has 1 unspecified atom stereocenters. The molecule has 0 amide bonds. The van der Waals surface area contributed by atoms with Crippen molar-refractivity contribution in [3.63, 3.8) is 0 Å². The third-order valence-corrected chi connectivity index (χ3v) is 6.08. The molecular formula is C26H30O2. The smallest absolute Gasteiger partial charge is 0.115 e. The highest BCUT2D eigenvalue weighted by atomic mass is 16.3. The van der Waals surface area contributed by atoms with Crippen LogP contribution in [0.4, 0.5) is 0 Å². The normalized spacial score (nSPS) is 13.4. The quantitative estimate of drug-likeness (QED) is 0.472. The Morgan fingerprint density at radius 1 is 0.643 bits per heavy atom. The van der Waals surface area contributed by atoms with Gasteiger partial charge < -0.3 is 10.2 Å². The van der Waals surface area contributed by atoms with E-state index < -0.39 is 0 Å². The van der Waals surface area contributed by atoms with Crippen LogP contribution in [0.1, 0.15) is 51.2 Å². The van der Waals surface area contributed by atoms with Gasteiger partial charge in [-0.05, 0) is 58.9 Å². The first kappa shape index (κ1) is 20.0. The van der Waals surface area contributed by atoms with E-state index in [1.54, 1.807) is 24.3 Å². The van der Waals surface area contributed by atoms with Gasteiger partial charge in [0.2, 0.25) is 0 Å². The van der Waals surface area contributed by atoms with Crippen molar-refractivity contribution in [2.24, 2.45) is 5.92 Å². The molecule has 0 aliphatic heterocycles. The minimum Gasteiger partial charge on any atom is -0.508 e. The van der Waals surface area contributed by atoms with Crippen molar-refractivity contribution >= 4 is 0 Å². The highest BCUT2D eigenvalue weighted by molar-refractivity contribution is 5.65. The standard InChI is InChI=1S/C26H30O2/c1-4-19(5-2)18-26(3,23-12-16-25(28)17-13-23)22-10-6-20(7-11-22)21-8-14-24(27)15-9-21/h6-17,19,27-28H,4-5,18H2,1-3H3. The van der Waals surface area contributed by atoms with E-state index in [9.17, 15) is 10.2 Å². The van der Waals surface area contributed by atoms with E-state index >= 15 is 0 Å². The molecule has 0 saturated heterocycles. The fraction of sp³-hybridized carbons (Fsp3) is 0.308. The molecule has 0 radical (unpaired) electrons. The van der Waals surface area contributed by atoms with Crippen LogP contribution in [0, 0.1) is 5.92 Å². The van der Waals surface area contributed by atoms with E-state index in [1.165, 1.54) is 11.1 Å². The Bertz CT molecular complexity index is 875. The van der Waals surface area contributed by atoms with E-state index in [-0.39, 0.29) is 11.2 Å². The maximum atomic E-state index is 9.73.